The van der Waals surface area contributed by atoms with E-state index in [0.717, 1.165) is 0 Å². The van der Waals surface area contributed by atoms with E-state index in [1.807, 2.05) is 13.8 Å². The van der Waals surface area contributed by atoms with E-state index in [1.54, 1.807) is 6.92 Å². The minimum atomic E-state index is -0.749. The number of aliphatic hydroxyl groups is 1. The first kappa shape index (κ1) is 11.7. The molecule has 0 aromatic carbocycles. The van der Waals surface area contributed by atoms with E-state index < -0.39 is 12.1 Å². The molecule has 0 aliphatic rings. The van der Waals surface area contributed by atoms with Crippen molar-refractivity contribution in [3.8, 4) is 0 Å². The molecule has 1 heterocycles. The van der Waals surface area contributed by atoms with Gasteiger partial charge in [0, 0.05) is 6.07 Å². The number of hydrogen-bond acceptors (Lipinski definition) is 5. The van der Waals surface area contributed by atoms with Gasteiger partial charge in [-0.25, -0.2) is 4.79 Å². The molecule has 1 rings (SSSR count). The number of esters is 1. The summed E-state index contributed by atoms with van der Waals surface area (Å²) in [6.07, 6.45) is -0.749. The molecule has 0 fully saturated rings. The standard InChI is InChI=1S/C10H15NO4/c1-4-14-10(13)7-5-8(15-11-7)9(12)6(2)3/h5-6,9,12H,4H2,1-3H3. The normalized spacial score (nSPS) is 12.9. The highest BCUT2D eigenvalue weighted by atomic mass is 16.5. The molecule has 0 aliphatic carbocycles. The van der Waals surface area contributed by atoms with Crippen LogP contribution in [0.3, 0.4) is 0 Å². The number of carbonyl (C=O) groups is 1. The Bertz CT molecular complexity index is 332. The van der Waals surface area contributed by atoms with E-state index >= 15 is 0 Å². The van der Waals surface area contributed by atoms with Gasteiger partial charge in [-0.05, 0) is 12.8 Å². The van der Waals surface area contributed by atoms with Crippen molar-refractivity contribution in [1.29, 1.82) is 0 Å². The van der Waals surface area contributed by atoms with Gasteiger partial charge in [0.05, 0.1) is 6.61 Å². The topological polar surface area (TPSA) is 72.6 Å². The molecule has 0 aliphatic heterocycles. The van der Waals surface area contributed by atoms with E-state index in [-0.39, 0.29) is 24.0 Å². The zero-order chi connectivity index (χ0) is 11.4. The second-order valence-corrected chi connectivity index (χ2v) is 3.52. The lowest BCUT2D eigenvalue weighted by Gasteiger charge is -2.09. The summed E-state index contributed by atoms with van der Waals surface area (Å²) in [5.41, 5.74) is 0.0894. The van der Waals surface area contributed by atoms with Gasteiger partial charge in [0.25, 0.3) is 0 Å². The molecule has 0 bridgehead atoms. The van der Waals surface area contributed by atoms with Gasteiger partial charge in [-0.3, -0.25) is 0 Å². The number of nitrogens with zero attached hydrogens (tertiary/aromatic N) is 1. The Morgan fingerprint density at radius 1 is 1.67 bits per heavy atom. The Morgan fingerprint density at radius 2 is 2.33 bits per heavy atom. The Labute approximate surface area is 88.0 Å². The largest absolute Gasteiger partial charge is 0.461 e. The quantitative estimate of drug-likeness (QED) is 0.768. The Morgan fingerprint density at radius 3 is 2.87 bits per heavy atom. The molecule has 1 aromatic heterocycles. The fourth-order valence-corrected chi connectivity index (χ4v) is 1.06. The van der Waals surface area contributed by atoms with Gasteiger partial charge in [0.15, 0.2) is 11.5 Å². The van der Waals surface area contributed by atoms with Crippen molar-refractivity contribution in [3.05, 3.63) is 17.5 Å². The first-order chi connectivity index (χ1) is 7.06. The van der Waals surface area contributed by atoms with Gasteiger partial charge in [-0.2, -0.15) is 0 Å². The fourth-order valence-electron chi connectivity index (χ4n) is 1.06. The third-order valence-corrected chi connectivity index (χ3v) is 1.94. The first-order valence-corrected chi connectivity index (χ1v) is 4.88. The molecule has 1 N–H and O–H groups in total. The van der Waals surface area contributed by atoms with Crippen molar-refractivity contribution in [2.24, 2.45) is 5.92 Å². The zero-order valence-electron chi connectivity index (χ0n) is 9.06. The summed E-state index contributed by atoms with van der Waals surface area (Å²) in [5.74, 6) is -0.246. The smallest absolute Gasteiger partial charge is 0.360 e. The predicted molar refractivity (Wildman–Crippen MR) is 52.3 cm³/mol. The molecule has 1 atom stereocenters. The van der Waals surface area contributed by atoms with Crippen LogP contribution < -0.4 is 0 Å². The second-order valence-electron chi connectivity index (χ2n) is 3.52. The van der Waals surface area contributed by atoms with Gasteiger partial charge in [0.2, 0.25) is 0 Å². The van der Waals surface area contributed by atoms with Crippen LogP contribution in [0, 0.1) is 5.92 Å². The van der Waals surface area contributed by atoms with Crippen molar-refractivity contribution >= 4 is 5.97 Å². The second kappa shape index (κ2) is 4.93. The van der Waals surface area contributed by atoms with Gasteiger partial charge < -0.3 is 14.4 Å². The maximum Gasteiger partial charge on any atom is 0.360 e. The molecule has 0 amide bonds. The highest BCUT2D eigenvalue weighted by molar-refractivity contribution is 5.87. The summed E-state index contributed by atoms with van der Waals surface area (Å²) < 4.78 is 9.59. The molecule has 5 heteroatoms. The number of carbonyl (C=O) groups excluding carboxylic acids is 1. The van der Waals surface area contributed by atoms with E-state index in [9.17, 15) is 9.90 Å². The average molecular weight is 213 g/mol. The molecule has 0 radical (unpaired) electrons. The zero-order valence-corrected chi connectivity index (χ0v) is 9.06. The third kappa shape index (κ3) is 2.79. The number of aliphatic hydroxyl groups excluding tert-OH is 1. The Balaban J connectivity index is 2.76. The molecular weight excluding hydrogens is 198 g/mol. The molecule has 5 nitrogen and oxygen atoms in total. The van der Waals surface area contributed by atoms with E-state index in [1.165, 1.54) is 6.07 Å². The van der Waals surface area contributed by atoms with Gasteiger partial charge >= 0.3 is 5.97 Å². The maximum absolute atomic E-state index is 11.2. The number of hydrogen-bond donors (Lipinski definition) is 1. The third-order valence-electron chi connectivity index (χ3n) is 1.94. The van der Waals surface area contributed by atoms with Crippen molar-refractivity contribution in [1.82, 2.24) is 5.16 Å². The summed E-state index contributed by atoms with van der Waals surface area (Å²) >= 11 is 0. The predicted octanol–water partition coefficient (Wildman–Crippen LogP) is 1.54. The van der Waals surface area contributed by atoms with Crippen LogP contribution in [0.25, 0.3) is 0 Å². The lowest BCUT2D eigenvalue weighted by molar-refractivity contribution is 0.0513. The highest BCUT2D eigenvalue weighted by Gasteiger charge is 2.20. The van der Waals surface area contributed by atoms with Crippen molar-refractivity contribution < 1.29 is 19.2 Å². The summed E-state index contributed by atoms with van der Waals surface area (Å²) in [5, 5.41) is 13.2. The molecule has 0 saturated carbocycles. The number of aromatic nitrogens is 1. The van der Waals surface area contributed by atoms with Crippen LogP contribution in [0.5, 0.6) is 0 Å². The fraction of sp³-hybridized carbons (Fsp3) is 0.600. The lowest BCUT2D eigenvalue weighted by Crippen LogP contribution is -2.05. The summed E-state index contributed by atoms with van der Waals surface area (Å²) in [6, 6.07) is 1.41. The Kier molecular flexibility index (Phi) is 3.85. The first-order valence-electron chi connectivity index (χ1n) is 4.88. The lowest BCUT2D eigenvalue weighted by atomic mass is 10.1. The molecule has 1 aromatic rings. The van der Waals surface area contributed by atoms with Crippen LogP contribution in [-0.2, 0) is 4.74 Å². The van der Waals surface area contributed by atoms with Crippen LogP contribution in [-0.4, -0.2) is 22.8 Å². The van der Waals surface area contributed by atoms with E-state index in [0.29, 0.717) is 0 Å². The maximum atomic E-state index is 11.2. The van der Waals surface area contributed by atoms with Crippen LogP contribution in [0.1, 0.15) is 43.1 Å². The minimum absolute atomic E-state index is 0.00740. The van der Waals surface area contributed by atoms with Crippen LogP contribution in [0.4, 0.5) is 0 Å². The van der Waals surface area contributed by atoms with Gasteiger partial charge in [-0.15, -0.1) is 0 Å². The van der Waals surface area contributed by atoms with Crippen molar-refractivity contribution in [2.75, 3.05) is 6.61 Å². The molecule has 84 valence electrons. The van der Waals surface area contributed by atoms with Crippen LogP contribution in [0.2, 0.25) is 0 Å². The number of rotatable bonds is 4. The molecule has 1 unspecified atom stereocenters. The minimum Gasteiger partial charge on any atom is -0.461 e. The highest BCUT2D eigenvalue weighted by Crippen LogP contribution is 2.21. The average Bonchev–Trinajstić information content (AvgIpc) is 2.65. The molecule has 15 heavy (non-hydrogen) atoms. The summed E-state index contributed by atoms with van der Waals surface area (Å²) in [6.45, 7) is 5.68. The van der Waals surface area contributed by atoms with E-state index in [2.05, 4.69) is 5.16 Å². The van der Waals surface area contributed by atoms with Crippen LogP contribution >= 0.6 is 0 Å². The van der Waals surface area contributed by atoms with Gasteiger partial charge in [-0.1, -0.05) is 19.0 Å². The van der Waals surface area contributed by atoms with Crippen molar-refractivity contribution in [3.63, 3.8) is 0 Å². The monoisotopic (exact) mass is 213 g/mol. The van der Waals surface area contributed by atoms with Crippen LogP contribution in [0.15, 0.2) is 10.6 Å². The van der Waals surface area contributed by atoms with Gasteiger partial charge in [0.1, 0.15) is 6.10 Å². The van der Waals surface area contributed by atoms with E-state index in [4.69, 9.17) is 9.26 Å². The number of ether oxygens (including phenoxy) is 1. The molecule has 0 saturated heterocycles. The SMILES string of the molecule is CCOC(=O)c1cc(C(O)C(C)C)on1. The molecule has 0 spiro atoms. The summed E-state index contributed by atoms with van der Waals surface area (Å²) in [4.78, 5) is 11.2. The Hall–Kier alpha value is -1.36. The van der Waals surface area contributed by atoms with Crippen molar-refractivity contribution in [2.45, 2.75) is 26.9 Å². The molecular formula is C10H15NO4. The summed E-state index contributed by atoms with van der Waals surface area (Å²) in [7, 11) is 0.